The van der Waals surface area contributed by atoms with E-state index in [1.165, 1.54) is 0 Å². The quantitative estimate of drug-likeness (QED) is 0.823. The Bertz CT molecular complexity index is 796. The number of likely N-dealkylation sites (N-methyl/N-ethyl adjacent to an activating group) is 1. The SMILES string of the molecule is Cc1nnc2ccc(N3CCC([C@@H]4CC[C@H](C(=O)N(C)C)O4)CC3)nn12. The predicted molar refractivity (Wildman–Crippen MR) is 97.0 cm³/mol. The van der Waals surface area contributed by atoms with Crippen LogP contribution in [0.25, 0.3) is 5.65 Å². The summed E-state index contributed by atoms with van der Waals surface area (Å²) in [5, 5.41) is 12.8. The molecule has 2 saturated heterocycles. The smallest absolute Gasteiger partial charge is 0.251 e. The number of carbonyl (C=O) groups is 1. The van der Waals surface area contributed by atoms with Crippen LogP contribution in [0.5, 0.6) is 0 Å². The van der Waals surface area contributed by atoms with Gasteiger partial charge in [0.1, 0.15) is 11.9 Å². The molecule has 8 nitrogen and oxygen atoms in total. The van der Waals surface area contributed by atoms with Crippen molar-refractivity contribution < 1.29 is 9.53 Å². The van der Waals surface area contributed by atoms with Crippen molar-refractivity contribution in [3.8, 4) is 0 Å². The second kappa shape index (κ2) is 6.83. The molecule has 2 aromatic rings. The summed E-state index contributed by atoms with van der Waals surface area (Å²) < 4.78 is 7.87. The normalized spacial score (nSPS) is 24.3. The van der Waals surface area contributed by atoms with Crippen LogP contribution in [0.15, 0.2) is 12.1 Å². The highest BCUT2D eigenvalue weighted by Gasteiger charge is 2.37. The predicted octanol–water partition coefficient (Wildman–Crippen LogP) is 1.28. The van der Waals surface area contributed by atoms with Gasteiger partial charge in [0.15, 0.2) is 11.5 Å². The zero-order chi connectivity index (χ0) is 18.3. The minimum atomic E-state index is -0.256. The molecule has 0 aromatic carbocycles. The monoisotopic (exact) mass is 358 g/mol. The molecule has 0 spiro atoms. The fourth-order valence-corrected chi connectivity index (χ4v) is 4.03. The first-order valence-corrected chi connectivity index (χ1v) is 9.33. The zero-order valence-electron chi connectivity index (χ0n) is 15.6. The highest BCUT2D eigenvalue weighted by Crippen LogP contribution is 2.33. The standard InChI is InChI=1S/C18H26N6O2/c1-12-19-20-16-6-7-17(21-24(12)16)23-10-8-13(9-11-23)14-4-5-15(26-14)18(25)22(2)3/h6-7,13-15H,4-5,8-11H2,1-3H3/t14-,15+/m0/s1. The van der Waals surface area contributed by atoms with Crippen LogP contribution >= 0.6 is 0 Å². The van der Waals surface area contributed by atoms with Crippen LogP contribution in [0.3, 0.4) is 0 Å². The van der Waals surface area contributed by atoms with Crippen molar-refractivity contribution in [1.82, 2.24) is 24.7 Å². The Labute approximate surface area is 153 Å². The number of fused-ring (bicyclic) bond motifs is 1. The number of aromatic nitrogens is 4. The Hall–Kier alpha value is -2.22. The van der Waals surface area contributed by atoms with Gasteiger partial charge in [-0.1, -0.05) is 0 Å². The molecule has 8 heteroatoms. The maximum atomic E-state index is 12.1. The van der Waals surface area contributed by atoms with Gasteiger partial charge in [-0.3, -0.25) is 4.79 Å². The molecule has 2 aliphatic rings. The van der Waals surface area contributed by atoms with Crippen LogP contribution in [-0.2, 0) is 9.53 Å². The van der Waals surface area contributed by atoms with Gasteiger partial charge in [-0.25, -0.2) is 0 Å². The molecular formula is C18H26N6O2. The van der Waals surface area contributed by atoms with E-state index in [-0.39, 0.29) is 18.1 Å². The Balaban J connectivity index is 1.36. The van der Waals surface area contributed by atoms with E-state index in [1.807, 2.05) is 19.1 Å². The van der Waals surface area contributed by atoms with E-state index in [0.29, 0.717) is 5.92 Å². The summed E-state index contributed by atoms with van der Waals surface area (Å²) in [6.45, 7) is 3.82. The van der Waals surface area contributed by atoms with Crippen LogP contribution in [0, 0.1) is 12.8 Å². The molecule has 2 aromatic heterocycles. The number of piperidine rings is 1. The lowest BCUT2D eigenvalue weighted by molar-refractivity contribution is -0.141. The van der Waals surface area contributed by atoms with Crippen molar-refractivity contribution in [3.05, 3.63) is 18.0 Å². The molecule has 4 heterocycles. The molecule has 0 radical (unpaired) electrons. The number of hydrogen-bond donors (Lipinski definition) is 0. The van der Waals surface area contributed by atoms with Crippen molar-refractivity contribution in [1.29, 1.82) is 0 Å². The fraction of sp³-hybridized carbons (Fsp3) is 0.667. The van der Waals surface area contributed by atoms with Crippen molar-refractivity contribution in [2.75, 3.05) is 32.1 Å². The van der Waals surface area contributed by atoms with Crippen LogP contribution in [-0.4, -0.2) is 70.0 Å². The van der Waals surface area contributed by atoms with Crippen LogP contribution in [0.2, 0.25) is 0 Å². The van der Waals surface area contributed by atoms with E-state index in [2.05, 4.69) is 20.2 Å². The molecule has 0 unspecified atom stereocenters. The molecule has 1 amide bonds. The molecule has 26 heavy (non-hydrogen) atoms. The number of aryl methyl sites for hydroxylation is 1. The minimum Gasteiger partial charge on any atom is -0.365 e. The van der Waals surface area contributed by atoms with Crippen LogP contribution in [0.1, 0.15) is 31.5 Å². The summed E-state index contributed by atoms with van der Waals surface area (Å²) in [5.41, 5.74) is 0.775. The van der Waals surface area contributed by atoms with Gasteiger partial charge in [0, 0.05) is 27.2 Å². The van der Waals surface area contributed by atoms with Gasteiger partial charge in [0.25, 0.3) is 5.91 Å². The molecule has 140 valence electrons. The number of ether oxygens (including phenoxy) is 1. The van der Waals surface area contributed by atoms with E-state index in [4.69, 9.17) is 4.74 Å². The van der Waals surface area contributed by atoms with Crippen molar-refractivity contribution >= 4 is 17.4 Å². The number of anilines is 1. The van der Waals surface area contributed by atoms with Gasteiger partial charge >= 0.3 is 0 Å². The molecular weight excluding hydrogens is 332 g/mol. The van der Waals surface area contributed by atoms with Crippen molar-refractivity contribution in [3.63, 3.8) is 0 Å². The maximum Gasteiger partial charge on any atom is 0.251 e. The zero-order valence-corrected chi connectivity index (χ0v) is 15.6. The fourth-order valence-electron chi connectivity index (χ4n) is 4.03. The topological polar surface area (TPSA) is 75.9 Å². The summed E-state index contributed by atoms with van der Waals surface area (Å²) in [4.78, 5) is 16.0. The summed E-state index contributed by atoms with van der Waals surface area (Å²) >= 11 is 0. The van der Waals surface area contributed by atoms with E-state index in [0.717, 1.165) is 56.1 Å². The largest absolute Gasteiger partial charge is 0.365 e. The maximum absolute atomic E-state index is 12.1. The second-order valence-electron chi connectivity index (χ2n) is 7.51. The van der Waals surface area contributed by atoms with Crippen molar-refractivity contribution in [2.24, 2.45) is 5.92 Å². The average Bonchev–Trinajstić information content (AvgIpc) is 3.28. The highest BCUT2D eigenvalue weighted by molar-refractivity contribution is 5.80. The Morgan fingerprint density at radius 2 is 1.92 bits per heavy atom. The molecule has 2 aliphatic heterocycles. The Morgan fingerprint density at radius 1 is 1.15 bits per heavy atom. The molecule has 0 aliphatic carbocycles. The third-order valence-electron chi connectivity index (χ3n) is 5.56. The second-order valence-corrected chi connectivity index (χ2v) is 7.51. The first-order chi connectivity index (χ1) is 12.5. The van der Waals surface area contributed by atoms with Gasteiger partial charge in [0.05, 0.1) is 6.10 Å². The Morgan fingerprint density at radius 3 is 2.65 bits per heavy atom. The molecule has 2 fully saturated rings. The van der Waals surface area contributed by atoms with Crippen molar-refractivity contribution in [2.45, 2.75) is 44.8 Å². The van der Waals surface area contributed by atoms with Gasteiger partial charge < -0.3 is 14.5 Å². The summed E-state index contributed by atoms with van der Waals surface area (Å²) in [7, 11) is 3.58. The molecule has 0 N–H and O–H groups in total. The number of carbonyl (C=O) groups excluding carboxylic acids is 1. The molecule has 0 bridgehead atoms. The van der Waals surface area contributed by atoms with Gasteiger partial charge in [-0.05, 0) is 50.7 Å². The highest BCUT2D eigenvalue weighted by atomic mass is 16.5. The minimum absolute atomic E-state index is 0.0896. The average molecular weight is 358 g/mol. The summed E-state index contributed by atoms with van der Waals surface area (Å²) in [5.74, 6) is 2.37. The first kappa shape index (κ1) is 17.2. The van der Waals surface area contributed by atoms with Crippen LogP contribution < -0.4 is 4.90 Å². The van der Waals surface area contributed by atoms with Crippen LogP contribution in [0.4, 0.5) is 5.82 Å². The van der Waals surface area contributed by atoms with E-state index in [9.17, 15) is 4.79 Å². The lowest BCUT2D eigenvalue weighted by Gasteiger charge is -2.35. The lowest BCUT2D eigenvalue weighted by atomic mass is 9.90. The Kier molecular flexibility index (Phi) is 4.52. The number of rotatable bonds is 3. The molecule has 0 saturated carbocycles. The third-order valence-corrected chi connectivity index (χ3v) is 5.56. The van der Waals surface area contributed by atoms with E-state index in [1.54, 1.807) is 23.5 Å². The number of nitrogens with zero attached hydrogens (tertiary/aromatic N) is 6. The number of amides is 1. The summed E-state index contributed by atoms with van der Waals surface area (Å²) in [6.07, 6.45) is 3.91. The first-order valence-electron chi connectivity index (χ1n) is 9.33. The number of hydrogen-bond acceptors (Lipinski definition) is 6. The van der Waals surface area contributed by atoms with E-state index < -0.39 is 0 Å². The molecule has 2 atom stereocenters. The van der Waals surface area contributed by atoms with E-state index >= 15 is 0 Å². The third kappa shape index (κ3) is 3.13. The lowest BCUT2D eigenvalue weighted by Crippen LogP contribution is -2.39. The van der Waals surface area contributed by atoms with Gasteiger partial charge in [-0.2, -0.15) is 4.52 Å². The summed E-state index contributed by atoms with van der Waals surface area (Å²) in [6, 6.07) is 3.98. The molecule has 4 rings (SSSR count). The van der Waals surface area contributed by atoms with Gasteiger partial charge in [-0.15, -0.1) is 15.3 Å². The van der Waals surface area contributed by atoms with Gasteiger partial charge in [0.2, 0.25) is 0 Å².